The molecule has 5 heteroatoms. The molecular weight excluding hydrogens is 284 g/mol. The van der Waals surface area contributed by atoms with Gasteiger partial charge in [0.15, 0.2) is 6.10 Å². The molecule has 1 aliphatic rings. The molecule has 2 heterocycles. The van der Waals surface area contributed by atoms with Crippen LogP contribution in [0.3, 0.4) is 0 Å². The van der Waals surface area contributed by atoms with Gasteiger partial charge in [0.25, 0.3) is 5.91 Å². The van der Waals surface area contributed by atoms with Crippen molar-refractivity contribution in [2.24, 2.45) is 0 Å². The summed E-state index contributed by atoms with van der Waals surface area (Å²) in [7, 11) is 0. The quantitative estimate of drug-likeness (QED) is 0.790. The average molecular weight is 296 g/mol. The van der Waals surface area contributed by atoms with Crippen LogP contribution in [0.4, 0.5) is 5.69 Å². The minimum absolute atomic E-state index is 0.124. The minimum Gasteiger partial charge on any atom is -0.480 e. The Bertz CT molecular complexity index is 803. The summed E-state index contributed by atoms with van der Waals surface area (Å²) in [5.41, 5.74) is 4.52. The Morgan fingerprint density at radius 1 is 1.29 bits per heavy atom. The van der Waals surface area contributed by atoms with E-state index in [0.29, 0.717) is 6.42 Å². The molecule has 1 N–H and O–H groups in total. The molecule has 2 aromatic carbocycles. The number of anilines is 1. The number of nitrogens with one attached hydrogen (secondary N) is 1. The van der Waals surface area contributed by atoms with Gasteiger partial charge in [0.05, 0.1) is 15.7 Å². The third-order valence-electron chi connectivity index (χ3n) is 3.54. The molecule has 4 nitrogen and oxygen atoms in total. The lowest BCUT2D eigenvalue weighted by molar-refractivity contribution is -0.122. The highest BCUT2D eigenvalue weighted by Gasteiger charge is 2.28. The van der Waals surface area contributed by atoms with Crippen LogP contribution in [0.1, 0.15) is 5.56 Å². The smallest absolute Gasteiger partial charge is 0.265 e. The van der Waals surface area contributed by atoms with E-state index in [2.05, 4.69) is 10.3 Å². The molecule has 0 bridgehead atoms. The highest BCUT2D eigenvalue weighted by atomic mass is 32.1. The van der Waals surface area contributed by atoms with Gasteiger partial charge in [0, 0.05) is 12.1 Å². The number of amides is 1. The van der Waals surface area contributed by atoms with Gasteiger partial charge in [0.1, 0.15) is 5.75 Å². The molecule has 0 saturated heterocycles. The van der Waals surface area contributed by atoms with Gasteiger partial charge in [-0.1, -0.05) is 18.2 Å². The molecule has 1 unspecified atom stereocenters. The van der Waals surface area contributed by atoms with Crippen molar-refractivity contribution in [1.29, 1.82) is 0 Å². The number of ether oxygens (including phenoxy) is 1. The van der Waals surface area contributed by atoms with Crippen molar-refractivity contribution in [3.05, 3.63) is 53.5 Å². The minimum atomic E-state index is -0.464. The third-order valence-corrected chi connectivity index (χ3v) is 4.35. The molecule has 1 amide bonds. The van der Waals surface area contributed by atoms with E-state index in [4.69, 9.17) is 4.74 Å². The topological polar surface area (TPSA) is 51.2 Å². The Labute approximate surface area is 125 Å². The molecule has 104 valence electrons. The van der Waals surface area contributed by atoms with Gasteiger partial charge in [-0.25, -0.2) is 4.98 Å². The summed E-state index contributed by atoms with van der Waals surface area (Å²) in [6, 6.07) is 13.5. The van der Waals surface area contributed by atoms with Gasteiger partial charge in [-0.2, -0.15) is 0 Å². The van der Waals surface area contributed by atoms with Gasteiger partial charge in [0.2, 0.25) is 0 Å². The standard InChI is InChI=1S/C16H12N2O2S/c19-16(14-7-10-3-1-2-4-13(10)20-14)18-11-5-6-15-12(8-11)17-9-21-15/h1-6,8-9,14H,7H2,(H,18,19). The molecule has 0 radical (unpaired) electrons. The Kier molecular flexibility index (Phi) is 2.86. The molecule has 0 aliphatic carbocycles. The van der Waals surface area contributed by atoms with Crippen LogP contribution in [0.5, 0.6) is 5.75 Å². The summed E-state index contributed by atoms with van der Waals surface area (Å²) >= 11 is 1.58. The second kappa shape index (κ2) is 4.86. The number of fused-ring (bicyclic) bond motifs is 2. The number of hydrogen-bond donors (Lipinski definition) is 1. The third kappa shape index (κ3) is 2.25. The van der Waals surface area contributed by atoms with Crippen LogP contribution in [0.15, 0.2) is 48.0 Å². The monoisotopic (exact) mass is 296 g/mol. The highest BCUT2D eigenvalue weighted by molar-refractivity contribution is 7.16. The van der Waals surface area contributed by atoms with Crippen molar-refractivity contribution in [2.45, 2.75) is 12.5 Å². The first-order chi connectivity index (χ1) is 10.3. The number of aromatic nitrogens is 1. The number of para-hydroxylation sites is 1. The summed E-state index contributed by atoms with van der Waals surface area (Å²) in [4.78, 5) is 16.6. The van der Waals surface area contributed by atoms with Crippen LogP contribution >= 0.6 is 11.3 Å². The fraction of sp³-hybridized carbons (Fsp3) is 0.125. The molecular formula is C16H12N2O2S. The summed E-state index contributed by atoms with van der Waals surface area (Å²) < 4.78 is 6.80. The molecule has 1 atom stereocenters. The van der Waals surface area contributed by atoms with E-state index in [0.717, 1.165) is 27.2 Å². The van der Waals surface area contributed by atoms with E-state index >= 15 is 0 Å². The lowest BCUT2D eigenvalue weighted by atomic mass is 10.1. The molecule has 1 aromatic heterocycles. The number of carbonyl (C=O) groups is 1. The molecule has 21 heavy (non-hydrogen) atoms. The Morgan fingerprint density at radius 2 is 2.19 bits per heavy atom. The molecule has 3 aromatic rings. The second-order valence-electron chi connectivity index (χ2n) is 4.94. The maximum absolute atomic E-state index is 12.3. The average Bonchev–Trinajstić information content (AvgIpc) is 3.13. The van der Waals surface area contributed by atoms with Crippen LogP contribution in [0, 0.1) is 0 Å². The van der Waals surface area contributed by atoms with Crippen LogP contribution in [0.2, 0.25) is 0 Å². The number of benzene rings is 2. The second-order valence-corrected chi connectivity index (χ2v) is 5.83. The number of carbonyl (C=O) groups excluding carboxylic acids is 1. The van der Waals surface area contributed by atoms with Gasteiger partial charge < -0.3 is 10.1 Å². The van der Waals surface area contributed by atoms with Crippen LogP contribution in [-0.2, 0) is 11.2 Å². The van der Waals surface area contributed by atoms with Gasteiger partial charge in [-0.3, -0.25) is 4.79 Å². The number of hydrogen-bond acceptors (Lipinski definition) is 4. The van der Waals surface area contributed by atoms with Gasteiger partial charge >= 0.3 is 0 Å². The van der Waals surface area contributed by atoms with Crippen LogP contribution in [0.25, 0.3) is 10.2 Å². The summed E-state index contributed by atoms with van der Waals surface area (Å²) in [6.07, 6.45) is 0.148. The summed E-state index contributed by atoms with van der Waals surface area (Å²) in [5, 5.41) is 2.90. The van der Waals surface area contributed by atoms with Crippen molar-refractivity contribution in [1.82, 2.24) is 4.98 Å². The predicted molar refractivity (Wildman–Crippen MR) is 82.8 cm³/mol. The lowest BCUT2D eigenvalue weighted by Gasteiger charge is -2.11. The van der Waals surface area contributed by atoms with Crippen molar-refractivity contribution in [3.8, 4) is 5.75 Å². The van der Waals surface area contributed by atoms with E-state index in [9.17, 15) is 4.79 Å². The van der Waals surface area contributed by atoms with Crippen LogP contribution < -0.4 is 10.1 Å². The van der Waals surface area contributed by atoms with E-state index < -0.39 is 6.10 Å². The van der Waals surface area contributed by atoms with Crippen molar-refractivity contribution < 1.29 is 9.53 Å². The Hall–Kier alpha value is -2.40. The van der Waals surface area contributed by atoms with Crippen molar-refractivity contribution >= 4 is 33.1 Å². The van der Waals surface area contributed by atoms with Gasteiger partial charge in [-0.05, 0) is 29.8 Å². The maximum atomic E-state index is 12.3. The van der Waals surface area contributed by atoms with Gasteiger partial charge in [-0.15, -0.1) is 11.3 Å². The Balaban J connectivity index is 1.51. The number of thiazole rings is 1. The SMILES string of the molecule is O=C(Nc1ccc2scnc2c1)C1Cc2ccccc2O1. The first-order valence-electron chi connectivity index (χ1n) is 6.68. The summed E-state index contributed by atoms with van der Waals surface area (Å²) in [6.45, 7) is 0. The largest absolute Gasteiger partial charge is 0.480 e. The molecule has 4 rings (SSSR count). The first-order valence-corrected chi connectivity index (χ1v) is 7.56. The normalized spacial score (nSPS) is 16.5. The molecule has 1 aliphatic heterocycles. The van der Waals surface area contributed by atoms with E-state index in [1.807, 2.05) is 42.5 Å². The number of rotatable bonds is 2. The van der Waals surface area contributed by atoms with Crippen LogP contribution in [-0.4, -0.2) is 17.0 Å². The van der Waals surface area contributed by atoms with Crippen molar-refractivity contribution in [2.75, 3.05) is 5.32 Å². The fourth-order valence-corrected chi connectivity index (χ4v) is 3.15. The predicted octanol–water partition coefficient (Wildman–Crippen LogP) is 3.24. The zero-order valence-electron chi connectivity index (χ0n) is 11.1. The van der Waals surface area contributed by atoms with E-state index in [1.165, 1.54) is 0 Å². The first kappa shape index (κ1) is 12.3. The summed E-state index contributed by atoms with van der Waals surface area (Å²) in [5.74, 6) is 0.674. The molecule has 0 saturated carbocycles. The molecule has 0 fully saturated rings. The van der Waals surface area contributed by atoms with Crippen molar-refractivity contribution in [3.63, 3.8) is 0 Å². The maximum Gasteiger partial charge on any atom is 0.265 e. The Morgan fingerprint density at radius 3 is 3.10 bits per heavy atom. The van der Waals surface area contributed by atoms with E-state index in [1.54, 1.807) is 16.8 Å². The molecule has 0 spiro atoms. The fourth-order valence-electron chi connectivity index (χ4n) is 2.49. The number of nitrogens with zero attached hydrogens (tertiary/aromatic N) is 1. The zero-order chi connectivity index (χ0) is 14.2. The highest BCUT2D eigenvalue weighted by Crippen LogP contribution is 2.29. The zero-order valence-corrected chi connectivity index (χ0v) is 11.9. The van der Waals surface area contributed by atoms with E-state index in [-0.39, 0.29) is 5.91 Å². The lowest BCUT2D eigenvalue weighted by Crippen LogP contribution is -2.31.